The number of hydrogen-bond donors (Lipinski definition) is 1. The van der Waals surface area contributed by atoms with Gasteiger partial charge in [0.25, 0.3) is 0 Å². The number of aromatic nitrogens is 2. The van der Waals surface area contributed by atoms with E-state index in [4.69, 9.17) is 26.3 Å². The Kier molecular flexibility index (Phi) is 7.09. The quantitative estimate of drug-likeness (QED) is 0.624. The molecular formula is C25H32ClN7O3S. The number of hydrogen-bond acceptors (Lipinski definition) is 8. The second kappa shape index (κ2) is 10.6. The summed E-state index contributed by atoms with van der Waals surface area (Å²) in [6, 6.07) is 8.08. The van der Waals surface area contributed by atoms with Gasteiger partial charge in [-0.05, 0) is 30.7 Å². The van der Waals surface area contributed by atoms with Crippen molar-refractivity contribution in [1.29, 1.82) is 0 Å². The van der Waals surface area contributed by atoms with Crippen LogP contribution in [-0.4, -0.2) is 107 Å². The van der Waals surface area contributed by atoms with Crippen LogP contribution in [0.1, 0.15) is 12.1 Å². The Morgan fingerprint density at radius 3 is 2.46 bits per heavy atom. The molecule has 10 nitrogen and oxygen atoms in total. The Labute approximate surface area is 224 Å². The van der Waals surface area contributed by atoms with Crippen molar-refractivity contribution >= 4 is 45.9 Å². The Balaban J connectivity index is 1.14. The minimum Gasteiger partial charge on any atom is -0.378 e. The lowest BCUT2D eigenvalue weighted by molar-refractivity contribution is 0.0451. The van der Waals surface area contributed by atoms with Gasteiger partial charge in [0.2, 0.25) is 5.95 Å². The van der Waals surface area contributed by atoms with E-state index in [0.29, 0.717) is 63.3 Å². The molecule has 0 radical (unpaired) electrons. The van der Waals surface area contributed by atoms with Crippen molar-refractivity contribution in [1.82, 2.24) is 19.8 Å². The number of amides is 2. The number of nitrogens with one attached hydrogen (secondary N) is 1. The number of nitrogens with zero attached hydrogens (tertiary/aromatic N) is 6. The topological polar surface area (TPSA) is 94.1 Å². The van der Waals surface area contributed by atoms with Crippen molar-refractivity contribution < 1.29 is 13.7 Å². The molecule has 0 spiro atoms. The van der Waals surface area contributed by atoms with E-state index in [0.717, 1.165) is 53.9 Å². The lowest BCUT2D eigenvalue weighted by Crippen LogP contribution is -2.48. The Bertz CT molecular complexity index is 1170. The smallest absolute Gasteiger partial charge is 0.320 e. The first-order valence-corrected chi connectivity index (χ1v) is 14.7. The Morgan fingerprint density at radius 2 is 1.70 bits per heavy atom. The molecule has 37 heavy (non-hydrogen) atoms. The summed E-state index contributed by atoms with van der Waals surface area (Å²) in [5, 5.41) is 4.29. The third-order valence-electron chi connectivity index (χ3n) is 7.51. The van der Waals surface area contributed by atoms with Crippen molar-refractivity contribution in [2.45, 2.75) is 23.8 Å². The van der Waals surface area contributed by atoms with E-state index in [1.54, 1.807) is 0 Å². The fraction of sp³-hybridized carbons (Fsp3) is 0.560. The lowest BCUT2D eigenvalue weighted by atomic mass is 10.2. The Hall–Kier alpha value is -2.63. The molecule has 5 heterocycles. The molecule has 1 aromatic heterocycles. The van der Waals surface area contributed by atoms with Gasteiger partial charge in [0.1, 0.15) is 10.7 Å². The van der Waals surface area contributed by atoms with E-state index in [-0.39, 0.29) is 12.1 Å². The average Bonchev–Trinajstić information content (AvgIpc) is 3.56. The molecule has 4 aliphatic heterocycles. The monoisotopic (exact) mass is 545 g/mol. The van der Waals surface area contributed by atoms with E-state index in [9.17, 15) is 9.00 Å². The Morgan fingerprint density at radius 1 is 0.973 bits per heavy atom. The maximum atomic E-state index is 12.9. The maximum Gasteiger partial charge on any atom is 0.320 e. The summed E-state index contributed by atoms with van der Waals surface area (Å²) in [4.78, 5) is 31.7. The summed E-state index contributed by atoms with van der Waals surface area (Å²) < 4.78 is 18.2. The van der Waals surface area contributed by atoms with Gasteiger partial charge >= 0.3 is 6.03 Å². The third-order valence-corrected chi connectivity index (χ3v) is 9.22. The lowest BCUT2D eigenvalue weighted by Gasteiger charge is -2.36. The van der Waals surface area contributed by atoms with Crippen molar-refractivity contribution in [3.63, 3.8) is 0 Å². The summed E-state index contributed by atoms with van der Waals surface area (Å²) >= 11 is 6.05. The fourth-order valence-corrected chi connectivity index (χ4v) is 6.88. The molecule has 0 bridgehead atoms. The number of aryl methyl sites for hydroxylation is 1. The van der Waals surface area contributed by atoms with Crippen LogP contribution in [0.15, 0.2) is 29.2 Å². The molecule has 1 N–H and O–H groups in total. The number of piperazine rings is 1. The zero-order chi connectivity index (χ0) is 25.4. The number of halogens is 1. The number of anilines is 3. The van der Waals surface area contributed by atoms with Crippen LogP contribution in [0.2, 0.25) is 5.02 Å². The first-order chi connectivity index (χ1) is 18.0. The van der Waals surface area contributed by atoms with Gasteiger partial charge in [-0.15, -0.1) is 0 Å². The van der Waals surface area contributed by atoms with Crippen LogP contribution < -0.4 is 15.1 Å². The van der Waals surface area contributed by atoms with Crippen LogP contribution in [0.25, 0.3) is 0 Å². The van der Waals surface area contributed by atoms with Gasteiger partial charge in [-0.1, -0.05) is 11.6 Å². The molecule has 3 fully saturated rings. The summed E-state index contributed by atoms with van der Waals surface area (Å²) in [6.07, 6.45) is 1.53. The van der Waals surface area contributed by atoms with Crippen LogP contribution >= 0.6 is 11.6 Å². The molecule has 0 saturated carbocycles. The van der Waals surface area contributed by atoms with E-state index >= 15 is 0 Å². The highest BCUT2D eigenvalue weighted by atomic mass is 35.5. The van der Waals surface area contributed by atoms with Crippen molar-refractivity contribution in [3.8, 4) is 0 Å². The molecule has 2 atom stereocenters. The van der Waals surface area contributed by atoms with Gasteiger partial charge in [0.05, 0.1) is 29.7 Å². The predicted molar refractivity (Wildman–Crippen MR) is 144 cm³/mol. The molecule has 4 aliphatic rings. The zero-order valence-corrected chi connectivity index (χ0v) is 22.3. The van der Waals surface area contributed by atoms with Gasteiger partial charge < -0.3 is 29.7 Å². The van der Waals surface area contributed by atoms with Gasteiger partial charge in [0, 0.05) is 81.3 Å². The largest absolute Gasteiger partial charge is 0.378 e. The molecule has 1 aromatic carbocycles. The molecule has 1 unspecified atom stereocenters. The first-order valence-electron chi connectivity index (χ1n) is 13.0. The van der Waals surface area contributed by atoms with Gasteiger partial charge in [-0.25, -0.2) is 9.78 Å². The molecule has 12 heteroatoms. The number of morpholine rings is 1. The van der Waals surface area contributed by atoms with Crippen molar-refractivity contribution in [2.75, 3.05) is 86.4 Å². The molecule has 3 saturated heterocycles. The molecule has 2 amide bonds. The third kappa shape index (κ3) is 5.21. The number of fused-ring (bicyclic) bond motifs is 1. The number of carbonyl (C=O) groups excluding carboxylic acids is 1. The number of urea groups is 1. The van der Waals surface area contributed by atoms with Crippen LogP contribution in [0, 0.1) is 0 Å². The highest BCUT2D eigenvalue weighted by molar-refractivity contribution is 7.85. The number of benzene rings is 1. The highest BCUT2D eigenvalue weighted by Gasteiger charge is 2.33. The zero-order valence-electron chi connectivity index (χ0n) is 20.8. The minimum atomic E-state index is -1.10. The first kappa shape index (κ1) is 24.7. The predicted octanol–water partition coefficient (Wildman–Crippen LogP) is 2.06. The summed E-state index contributed by atoms with van der Waals surface area (Å²) in [5.74, 6) is 1.94. The second-order valence-electron chi connectivity index (χ2n) is 9.86. The SMILES string of the molecule is O=C(N1CCOCC1)N1CC[C@@H](Nc2nc(N3CCN(c4ccc(Cl)cc4)CC3)nc3c2S(=O)CC3)C1. The van der Waals surface area contributed by atoms with Crippen LogP contribution in [-0.2, 0) is 22.0 Å². The maximum absolute atomic E-state index is 12.9. The molecule has 2 aromatic rings. The van der Waals surface area contributed by atoms with E-state index in [1.165, 1.54) is 0 Å². The summed E-state index contributed by atoms with van der Waals surface area (Å²) in [7, 11) is -1.10. The molecular weight excluding hydrogens is 514 g/mol. The number of ether oxygens (including phenoxy) is 1. The van der Waals surface area contributed by atoms with Crippen molar-refractivity contribution in [3.05, 3.63) is 35.0 Å². The van der Waals surface area contributed by atoms with Crippen LogP contribution in [0.3, 0.4) is 0 Å². The van der Waals surface area contributed by atoms with Gasteiger partial charge in [-0.2, -0.15) is 4.98 Å². The normalized spacial score (nSPS) is 23.9. The van der Waals surface area contributed by atoms with Gasteiger partial charge in [-0.3, -0.25) is 4.21 Å². The average molecular weight is 546 g/mol. The van der Waals surface area contributed by atoms with E-state index < -0.39 is 10.8 Å². The van der Waals surface area contributed by atoms with Gasteiger partial charge in [0.15, 0.2) is 0 Å². The molecule has 198 valence electrons. The van der Waals surface area contributed by atoms with Crippen LogP contribution in [0.4, 0.5) is 22.2 Å². The van der Waals surface area contributed by atoms with Crippen LogP contribution in [0.5, 0.6) is 0 Å². The van der Waals surface area contributed by atoms with E-state index in [1.807, 2.05) is 21.9 Å². The highest BCUT2D eigenvalue weighted by Crippen LogP contribution is 2.32. The minimum absolute atomic E-state index is 0.0659. The van der Waals surface area contributed by atoms with E-state index in [2.05, 4.69) is 27.2 Å². The van der Waals surface area contributed by atoms with Crippen molar-refractivity contribution in [2.24, 2.45) is 0 Å². The molecule has 6 rings (SSSR count). The number of rotatable bonds is 4. The summed E-state index contributed by atoms with van der Waals surface area (Å²) in [6.45, 7) is 7.09. The number of likely N-dealkylation sites (tertiary alicyclic amines) is 1. The second-order valence-corrected chi connectivity index (χ2v) is 11.8. The molecule has 0 aliphatic carbocycles. The standard InChI is InChI=1S/C25H32ClN7O3S/c26-18-1-3-20(4-2-18)30-8-10-31(11-9-30)24-28-21-6-16-37(35)22(21)23(29-24)27-19-5-7-33(17-19)25(34)32-12-14-36-15-13-32/h1-4,19H,5-17H2,(H,27,28,29)/t19-,37?/m1/s1. The summed E-state index contributed by atoms with van der Waals surface area (Å²) in [5.41, 5.74) is 2.04. The fourth-order valence-electron chi connectivity index (χ4n) is 5.44. The number of carbonyl (C=O) groups is 1.